The number of hydrogen-bond acceptors (Lipinski definition) is 4. The summed E-state index contributed by atoms with van der Waals surface area (Å²) in [7, 11) is 0. The van der Waals surface area contributed by atoms with Gasteiger partial charge in [-0.05, 0) is 24.3 Å². The molecule has 0 radical (unpaired) electrons. The molecule has 3 rings (SSSR count). The number of benzene rings is 1. The van der Waals surface area contributed by atoms with Crippen LogP contribution in [0.2, 0.25) is 0 Å². The van der Waals surface area contributed by atoms with Gasteiger partial charge in [-0.15, -0.1) is 0 Å². The molecule has 1 unspecified atom stereocenters. The van der Waals surface area contributed by atoms with Gasteiger partial charge in [0.05, 0.1) is 36.2 Å². The van der Waals surface area contributed by atoms with E-state index in [1.165, 1.54) is 5.01 Å². The van der Waals surface area contributed by atoms with Crippen LogP contribution in [0.4, 0.5) is 5.69 Å². The molecule has 1 amide bonds. The van der Waals surface area contributed by atoms with Crippen molar-refractivity contribution in [2.24, 2.45) is 11.0 Å². The van der Waals surface area contributed by atoms with Crippen molar-refractivity contribution >= 4 is 17.3 Å². The molecule has 5 nitrogen and oxygen atoms in total. The van der Waals surface area contributed by atoms with Gasteiger partial charge in [0.25, 0.3) is 5.91 Å². The van der Waals surface area contributed by atoms with E-state index in [2.05, 4.69) is 5.10 Å². The first-order chi connectivity index (χ1) is 8.79. The fourth-order valence-corrected chi connectivity index (χ4v) is 2.17. The third-order valence-corrected chi connectivity index (χ3v) is 3.17. The van der Waals surface area contributed by atoms with Crippen LogP contribution in [0.1, 0.15) is 12.0 Å². The van der Waals surface area contributed by atoms with Crippen LogP contribution in [0, 0.1) is 17.2 Å². The van der Waals surface area contributed by atoms with E-state index in [4.69, 9.17) is 10.00 Å². The molecule has 1 fully saturated rings. The molecule has 1 atom stereocenters. The molecule has 2 heterocycles. The highest BCUT2D eigenvalue weighted by atomic mass is 16.5. The predicted molar refractivity (Wildman–Crippen MR) is 65.0 cm³/mol. The number of carbonyl (C=O) groups excluding carboxylic acids is 1. The summed E-state index contributed by atoms with van der Waals surface area (Å²) in [6.45, 7) is 1.05. The van der Waals surface area contributed by atoms with Gasteiger partial charge >= 0.3 is 0 Å². The first-order valence-electron chi connectivity index (χ1n) is 5.79. The Morgan fingerprint density at radius 1 is 1.39 bits per heavy atom. The molecule has 90 valence electrons. The van der Waals surface area contributed by atoms with E-state index in [1.54, 1.807) is 24.3 Å². The normalized spacial score (nSPS) is 22.4. The Morgan fingerprint density at radius 3 is 2.83 bits per heavy atom. The maximum atomic E-state index is 12.2. The number of ether oxygens (including phenoxy) is 1. The number of carbonyl (C=O) groups is 1. The highest BCUT2D eigenvalue weighted by Gasteiger charge is 2.38. The minimum absolute atomic E-state index is 0.0468. The van der Waals surface area contributed by atoms with Crippen molar-refractivity contribution < 1.29 is 9.53 Å². The molecule has 0 aromatic heterocycles. The summed E-state index contributed by atoms with van der Waals surface area (Å²) in [6, 6.07) is 8.88. The molecule has 0 saturated carbocycles. The average molecular weight is 241 g/mol. The SMILES string of the molecule is N#Cc1ccc(N2N=C3CCOCC3C2=O)cc1. The zero-order valence-electron chi connectivity index (χ0n) is 9.67. The summed E-state index contributed by atoms with van der Waals surface area (Å²) in [4.78, 5) is 12.2. The van der Waals surface area contributed by atoms with E-state index in [0.29, 0.717) is 30.9 Å². The number of nitrogens with zero attached hydrogens (tertiary/aromatic N) is 3. The minimum Gasteiger partial charge on any atom is -0.380 e. The van der Waals surface area contributed by atoms with Crippen molar-refractivity contribution in [2.45, 2.75) is 6.42 Å². The summed E-state index contributed by atoms with van der Waals surface area (Å²) in [5.74, 6) is -0.274. The third-order valence-electron chi connectivity index (χ3n) is 3.17. The first-order valence-corrected chi connectivity index (χ1v) is 5.79. The Labute approximate surface area is 104 Å². The Kier molecular flexibility index (Phi) is 2.58. The van der Waals surface area contributed by atoms with Gasteiger partial charge in [0.2, 0.25) is 0 Å². The van der Waals surface area contributed by atoms with E-state index < -0.39 is 0 Å². The second-order valence-corrected chi connectivity index (χ2v) is 4.28. The van der Waals surface area contributed by atoms with Crippen LogP contribution in [0.3, 0.4) is 0 Å². The van der Waals surface area contributed by atoms with Crippen LogP contribution in [-0.4, -0.2) is 24.8 Å². The lowest BCUT2D eigenvalue weighted by molar-refractivity contribution is -0.121. The van der Waals surface area contributed by atoms with Crippen LogP contribution in [0.15, 0.2) is 29.4 Å². The second kappa shape index (κ2) is 4.24. The number of hydrogen-bond donors (Lipinski definition) is 0. The summed E-state index contributed by atoms with van der Waals surface area (Å²) in [6.07, 6.45) is 0.711. The molecule has 0 bridgehead atoms. The quantitative estimate of drug-likeness (QED) is 0.744. The molecular formula is C13H11N3O2. The Hall–Kier alpha value is -2.19. The van der Waals surface area contributed by atoms with Crippen LogP contribution in [0.25, 0.3) is 0 Å². The molecule has 0 N–H and O–H groups in total. The molecule has 18 heavy (non-hydrogen) atoms. The third kappa shape index (κ3) is 1.67. The monoisotopic (exact) mass is 241 g/mol. The Balaban J connectivity index is 1.90. The van der Waals surface area contributed by atoms with Gasteiger partial charge in [-0.2, -0.15) is 10.4 Å². The average Bonchev–Trinajstić information content (AvgIpc) is 2.77. The standard InChI is InChI=1S/C13H11N3O2/c14-7-9-1-3-10(4-2-9)16-13(17)11-8-18-6-5-12(11)15-16/h1-4,11H,5-6,8H2. The summed E-state index contributed by atoms with van der Waals surface area (Å²) in [5.41, 5.74) is 2.16. The van der Waals surface area contributed by atoms with Gasteiger partial charge in [-0.1, -0.05) is 0 Å². The second-order valence-electron chi connectivity index (χ2n) is 4.28. The number of fused-ring (bicyclic) bond motifs is 1. The fraction of sp³-hybridized carbons (Fsp3) is 0.308. The van der Waals surface area contributed by atoms with E-state index in [1.807, 2.05) is 6.07 Å². The van der Waals surface area contributed by atoms with Crippen LogP contribution >= 0.6 is 0 Å². The maximum Gasteiger partial charge on any atom is 0.258 e. The van der Waals surface area contributed by atoms with Crippen molar-refractivity contribution in [3.8, 4) is 6.07 Å². The van der Waals surface area contributed by atoms with E-state index in [0.717, 1.165) is 5.71 Å². The van der Waals surface area contributed by atoms with Crippen molar-refractivity contribution in [2.75, 3.05) is 18.2 Å². The highest BCUT2D eigenvalue weighted by Crippen LogP contribution is 2.27. The number of anilines is 1. The Morgan fingerprint density at radius 2 is 2.17 bits per heavy atom. The zero-order chi connectivity index (χ0) is 12.5. The largest absolute Gasteiger partial charge is 0.380 e. The van der Waals surface area contributed by atoms with Gasteiger partial charge in [0.15, 0.2) is 0 Å². The molecule has 2 aliphatic rings. The lowest BCUT2D eigenvalue weighted by atomic mass is 10.0. The molecule has 5 heteroatoms. The Bertz CT molecular complexity index is 557. The van der Waals surface area contributed by atoms with Gasteiger partial charge < -0.3 is 4.74 Å². The number of amides is 1. The van der Waals surface area contributed by atoms with Crippen molar-refractivity contribution in [3.63, 3.8) is 0 Å². The molecule has 2 aliphatic heterocycles. The van der Waals surface area contributed by atoms with Crippen LogP contribution in [0.5, 0.6) is 0 Å². The maximum absolute atomic E-state index is 12.2. The van der Waals surface area contributed by atoms with Crippen molar-refractivity contribution in [1.29, 1.82) is 5.26 Å². The van der Waals surface area contributed by atoms with Crippen molar-refractivity contribution in [1.82, 2.24) is 0 Å². The van der Waals surface area contributed by atoms with Crippen LogP contribution in [-0.2, 0) is 9.53 Å². The van der Waals surface area contributed by atoms with Gasteiger partial charge in [-0.25, -0.2) is 5.01 Å². The summed E-state index contributed by atoms with van der Waals surface area (Å²) < 4.78 is 5.30. The van der Waals surface area contributed by atoms with E-state index in [9.17, 15) is 4.79 Å². The highest BCUT2D eigenvalue weighted by molar-refractivity contribution is 6.15. The molecular weight excluding hydrogens is 230 g/mol. The van der Waals surface area contributed by atoms with Crippen molar-refractivity contribution in [3.05, 3.63) is 29.8 Å². The predicted octanol–water partition coefficient (Wildman–Crippen LogP) is 1.30. The van der Waals surface area contributed by atoms with Gasteiger partial charge in [0, 0.05) is 6.42 Å². The number of nitriles is 1. The van der Waals surface area contributed by atoms with Gasteiger partial charge in [-0.3, -0.25) is 4.79 Å². The van der Waals surface area contributed by atoms with E-state index in [-0.39, 0.29) is 11.8 Å². The summed E-state index contributed by atoms with van der Waals surface area (Å²) >= 11 is 0. The molecule has 0 aliphatic carbocycles. The van der Waals surface area contributed by atoms with Gasteiger partial charge in [0.1, 0.15) is 5.92 Å². The molecule has 1 aromatic carbocycles. The fourth-order valence-electron chi connectivity index (χ4n) is 2.17. The topological polar surface area (TPSA) is 65.7 Å². The van der Waals surface area contributed by atoms with Crippen LogP contribution < -0.4 is 5.01 Å². The van der Waals surface area contributed by atoms with E-state index >= 15 is 0 Å². The molecule has 0 spiro atoms. The minimum atomic E-state index is -0.227. The first kappa shape index (κ1) is 10.9. The lowest BCUT2D eigenvalue weighted by Crippen LogP contribution is -2.33. The molecule has 1 aromatic rings. The number of rotatable bonds is 1. The lowest BCUT2D eigenvalue weighted by Gasteiger charge is -2.17. The molecule has 1 saturated heterocycles. The summed E-state index contributed by atoms with van der Waals surface area (Å²) in [5, 5.41) is 14.5. The smallest absolute Gasteiger partial charge is 0.258 e. The number of hydrazone groups is 1. The zero-order valence-corrected chi connectivity index (χ0v) is 9.67.